The average molecular weight is 250 g/mol. The molecular weight excluding hydrogens is 224 g/mol. The van der Waals surface area contributed by atoms with Gasteiger partial charge in [0.2, 0.25) is 5.91 Å². The lowest BCUT2D eigenvalue weighted by Crippen LogP contribution is -2.47. The SMILES string of the molecule is CC(C)C1(C(=O)NCC2CC=CCC2)CCNC1. The van der Waals surface area contributed by atoms with Gasteiger partial charge in [0.05, 0.1) is 5.41 Å². The highest BCUT2D eigenvalue weighted by atomic mass is 16.2. The molecule has 1 heterocycles. The first-order valence-electron chi connectivity index (χ1n) is 7.29. The topological polar surface area (TPSA) is 41.1 Å². The Morgan fingerprint density at radius 1 is 1.50 bits per heavy atom. The lowest BCUT2D eigenvalue weighted by Gasteiger charge is -2.32. The van der Waals surface area contributed by atoms with Crippen LogP contribution in [-0.2, 0) is 4.79 Å². The van der Waals surface area contributed by atoms with E-state index in [1.165, 1.54) is 6.42 Å². The van der Waals surface area contributed by atoms with Gasteiger partial charge in [0.1, 0.15) is 0 Å². The van der Waals surface area contributed by atoms with E-state index in [0.29, 0.717) is 11.8 Å². The highest BCUT2D eigenvalue weighted by Gasteiger charge is 2.43. The van der Waals surface area contributed by atoms with Gasteiger partial charge >= 0.3 is 0 Å². The molecule has 0 radical (unpaired) electrons. The third kappa shape index (κ3) is 2.77. The van der Waals surface area contributed by atoms with Gasteiger partial charge in [-0.05, 0) is 44.1 Å². The Morgan fingerprint density at radius 3 is 2.89 bits per heavy atom. The molecule has 102 valence electrons. The maximum Gasteiger partial charge on any atom is 0.227 e. The van der Waals surface area contributed by atoms with E-state index in [-0.39, 0.29) is 11.3 Å². The minimum Gasteiger partial charge on any atom is -0.355 e. The van der Waals surface area contributed by atoms with Crippen LogP contribution in [0.25, 0.3) is 0 Å². The highest BCUT2D eigenvalue weighted by molar-refractivity contribution is 5.83. The Morgan fingerprint density at radius 2 is 2.33 bits per heavy atom. The average Bonchev–Trinajstić information content (AvgIpc) is 2.88. The minimum absolute atomic E-state index is 0.176. The van der Waals surface area contributed by atoms with Crippen molar-refractivity contribution < 1.29 is 4.79 Å². The van der Waals surface area contributed by atoms with Crippen molar-refractivity contribution in [3.63, 3.8) is 0 Å². The fourth-order valence-corrected chi connectivity index (χ4v) is 3.11. The Bertz CT molecular complexity index is 316. The lowest BCUT2D eigenvalue weighted by molar-refractivity contribution is -0.132. The quantitative estimate of drug-likeness (QED) is 0.750. The van der Waals surface area contributed by atoms with Crippen LogP contribution in [0.4, 0.5) is 0 Å². The maximum atomic E-state index is 12.5. The number of rotatable bonds is 4. The third-order valence-electron chi connectivity index (χ3n) is 4.67. The fourth-order valence-electron chi connectivity index (χ4n) is 3.11. The molecule has 2 unspecified atom stereocenters. The standard InChI is InChI=1S/C15H26N2O/c1-12(2)15(8-9-16-11-15)14(18)17-10-13-6-4-3-5-7-13/h3-4,12-13,16H,5-11H2,1-2H3,(H,17,18). The Balaban J connectivity index is 1.88. The van der Waals surface area contributed by atoms with Gasteiger partial charge in [0.25, 0.3) is 0 Å². The normalized spacial score (nSPS) is 31.8. The number of allylic oxidation sites excluding steroid dienone is 2. The van der Waals surface area contributed by atoms with Crippen LogP contribution in [0.5, 0.6) is 0 Å². The first kappa shape index (κ1) is 13.6. The van der Waals surface area contributed by atoms with Crippen molar-refractivity contribution in [1.29, 1.82) is 0 Å². The second-order valence-electron chi connectivity index (χ2n) is 6.10. The summed E-state index contributed by atoms with van der Waals surface area (Å²) < 4.78 is 0. The van der Waals surface area contributed by atoms with Gasteiger partial charge < -0.3 is 10.6 Å². The van der Waals surface area contributed by atoms with Gasteiger partial charge in [0, 0.05) is 13.1 Å². The molecule has 2 aliphatic rings. The van der Waals surface area contributed by atoms with Crippen LogP contribution >= 0.6 is 0 Å². The van der Waals surface area contributed by atoms with Crippen LogP contribution in [-0.4, -0.2) is 25.5 Å². The van der Waals surface area contributed by atoms with Crippen molar-refractivity contribution in [2.75, 3.05) is 19.6 Å². The van der Waals surface area contributed by atoms with Gasteiger partial charge in [-0.15, -0.1) is 0 Å². The van der Waals surface area contributed by atoms with Crippen LogP contribution in [0.1, 0.15) is 39.5 Å². The second-order valence-corrected chi connectivity index (χ2v) is 6.10. The van der Waals surface area contributed by atoms with E-state index in [2.05, 4.69) is 36.6 Å². The van der Waals surface area contributed by atoms with E-state index in [9.17, 15) is 4.79 Å². The molecule has 2 rings (SSSR count). The molecular formula is C15H26N2O. The molecule has 2 N–H and O–H groups in total. The van der Waals surface area contributed by atoms with Crippen LogP contribution in [0.3, 0.4) is 0 Å². The van der Waals surface area contributed by atoms with E-state index in [1.807, 2.05) is 0 Å². The molecule has 18 heavy (non-hydrogen) atoms. The van der Waals surface area contributed by atoms with E-state index < -0.39 is 0 Å². The van der Waals surface area contributed by atoms with Gasteiger partial charge in [-0.2, -0.15) is 0 Å². The molecule has 1 amide bonds. The van der Waals surface area contributed by atoms with Gasteiger partial charge in [-0.3, -0.25) is 4.79 Å². The summed E-state index contributed by atoms with van der Waals surface area (Å²) in [5, 5.41) is 6.55. The fraction of sp³-hybridized carbons (Fsp3) is 0.800. The molecule has 3 heteroatoms. The van der Waals surface area contributed by atoms with Crippen LogP contribution in [0, 0.1) is 17.3 Å². The minimum atomic E-state index is -0.176. The van der Waals surface area contributed by atoms with Crippen molar-refractivity contribution in [3.05, 3.63) is 12.2 Å². The van der Waals surface area contributed by atoms with E-state index >= 15 is 0 Å². The van der Waals surface area contributed by atoms with Crippen molar-refractivity contribution in [2.45, 2.75) is 39.5 Å². The van der Waals surface area contributed by atoms with Crippen molar-refractivity contribution in [1.82, 2.24) is 10.6 Å². The highest BCUT2D eigenvalue weighted by Crippen LogP contribution is 2.34. The molecule has 0 saturated carbocycles. The number of amides is 1. The van der Waals surface area contributed by atoms with Crippen molar-refractivity contribution in [2.24, 2.45) is 17.3 Å². The van der Waals surface area contributed by atoms with Crippen molar-refractivity contribution in [3.8, 4) is 0 Å². The van der Waals surface area contributed by atoms with Crippen LogP contribution in [0.15, 0.2) is 12.2 Å². The second kappa shape index (κ2) is 5.87. The molecule has 2 atom stereocenters. The smallest absolute Gasteiger partial charge is 0.227 e. The summed E-state index contributed by atoms with van der Waals surface area (Å²) in [6.45, 7) is 6.97. The summed E-state index contributed by atoms with van der Waals surface area (Å²) in [5.74, 6) is 1.30. The monoisotopic (exact) mass is 250 g/mol. The zero-order valence-electron chi connectivity index (χ0n) is 11.7. The Kier molecular flexibility index (Phi) is 4.44. The number of carbonyl (C=O) groups is 1. The Labute approximate surface area is 110 Å². The summed E-state index contributed by atoms with van der Waals surface area (Å²) in [5.41, 5.74) is -0.176. The van der Waals surface area contributed by atoms with Gasteiger partial charge in [0.15, 0.2) is 0 Å². The van der Waals surface area contributed by atoms with E-state index in [0.717, 1.165) is 38.9 Å². The molecule has 1 fully saturated rings. The first-order chi connectivity index (χ1) is 8.65. The van der Waals surface area contributed by atoms with Gasteiger partial charge in [-0.25, -0.2) is 0 Å². The molecule has 0 aromatic heterocycles. The molecule has 1 aliphatic carbocycles. The molecule has 0 aromatic carbocycles. The first-order valence-corrected chi connectivity index (χ1v) is 7.29. The Hall–Kier alpha value is -0.830. The summed E-state index contributed by atoms with van der Waals surface area (Å²) in [4.78, 5) is 12.5. The third-order valence-corrected chi connectivity index (χ3v) is 4.67. The molecule has 0 bridgehead atoms. The summed E-state index contributed by atoms with van der Waals surface area (Å²) in [6, 6.07) is 0. The van der Waals surface area contributed by atoms with Crippen molar-refractivity contribution >= 4 is 5.91 Å². The zero-order chi connectivity index (χ0) is 13.0. The van der Waals surface area contributed by atoms with Crippen LogP contribution in [0.2, 0.25) is 0 Å². The predicted molar refractivity (Wildman–Crippen MR) is 74.2 cm³/mol. The number of nitrogens with one attached hydrogen (secondary N) is 2. The molecule has 1 saturated heterocycles. The molecule has 3 nitrogen and oxygen atoms in total. The van der Waals surface area contributed by atoms with Gasteiger partial charge in [-0.1, -0.05) is 26.0 Å². The molecule has 0 spiro atoms. The number of carbonyl (C=O) groups excluding carboxylic acids is 1. The lowest BCUT2D eigenvalue weighted by atomic mass is 9.75. The number of hydrogen-bond acceptors (Lipinski definition) is 2. The summed E-state index contributed by atoms with van der Waals surface area (Å²) in [7, 11) is 0. The predicted octanol–water partition coefficient (Wildman–Crippen LogP) is 2.09. The molecule has 0 aromatic rings. The van der Waals surface area contributed by atoms with Crippen LogP contribution < -0.4 is 10.6 Å². The maximum absolute atomic E-state index is 12.5. The largest absolute Gasteiger partial charge is 0.355 e. The van der Waals surface area contributed by atoms with E-state index in [4.69, 9.17) is 0 Å². The van der Waals surface area contributed by atoms with E-state index in [1.54, 1.807) is 0 Å². The number of hydrogen-bond donors (Lipinski definition) is 2. The zero-order valence-corrected chi connectivity index (χ0v) is 11.7. The summed E-state index contributed by atoms with van der Waals surface area (Å²) in [6.07, 6.45) is 8.96. The summed E-state index contributed by atoms with van der Waals surface area (Å²) >= 11 is 0. The molecule has 1 aliphatic heterocycles.